The summed E-state index contributed by atoms with van der Waals surface area (Å²) in [4.78, 5) is 17.9. The number of rotatable bonds is 9. The number of para-hydroxylation sites is 2. The molecule has 6 nitrogen and oxygen atoms in total. The van der Waals surface area contributed by atoms with Gasteiger partial charge in [0.1, 0.15) is 10.7 Å². The number of fused-ring (bicyclic) bond motifs is 2. The van der Waals surface area contributed by atoms with Crippen LogP contribution >= 0.6 is 11.8 Å². The van der Waals surface area contributed by atoms with Crippen molar-refractivity contribution in [2.45, 2.75) is 48.9 Å². The molecule has 1 aliphatic heterocycles. The van der Waals surface area contributed by atoms with E-state index in [9.17, 15) is 13.2 Å². The Hall–Kier alpha value is -3.72. The van der Waals surface area contributed by atoms with Crippen LogP contribution in [0.1, 0.15) is 52.6 Å². The molecule has 0 saturated carbocycles. The van der Waals surface area contributed by atoms with E-state index in [4.69, 9.17) is 4.98 Å². The van der Waals surface area contributed by atoms with Crippen LogP contribution in [0.4, 0.5) is 0 Å². The Morgan fingerprint density at radius 2 is 1.63 bits per heavy atom. The lowest BCUT2D eigenvalue weighted by atomic mass is 9.98. The van der Waals surface area contributed by atoms with Crippen LogP contribution in [0, 0.1) is 0 Å². The first kappa shape index (κ1) is 27.4. The highest BCUT2D eigenvalue weighted by atomic mass is 32.2. The quantitative estimate of drug-likeness (QED) is 0.210. The molecule has 6 rings (SSSR count). The first-order valence-electron chi connectivity index (χ1n) is 13.8. The molecule has 0 saturated heterocycles. The third kappa shape index (κ3) is 5.47. The zero-order valence-corrected chi connectivity index (χ0v) is 24.4. The predicted molar refractivity (Wildman–Crippen MR) is 164 cm³/mol. The Kier molecular flexibility index (Phi) is 7.55. The summed E-state index contributed by atoms with van der Waals surface area (Å²) in [5.74, 6) is 1.07. The Balaban J connectivity index is 1.33. The van der Waals surface area contributed by atoms with Gasteiger partial charge in [-0.1, -0.05) is 110 Å². The first-order chi connectivity index (χ1) is 19.9. The number of aryl methyl sites for hydroxylation is 1. The van der Waals surface area contributed by atoms with Crippen LogP contribution in [0.25, 0.3) is 11.0 Å². The number of hydrogen-bond donors (Lipinski definition) is 1. The van der Waals surface area contributed by atoms with Crippen molar-refractivity contribution in [3.05, 3.63) is 131 Å². The number of hydrogen-bond acceptors (Lipinski definition) is 5. The van der Waals surface area contributed by atoms with Gasteiger partial charge in [-0.05, 0) is 41.3 Å². The van der Waals surface area contributed by atoms with Gasteiger partial charge in [0.05, 0.1) is 11.0 Å². The van der Waals surface area contributed by atoms with Crippen LogP contribution in [0.15, 0.2) is 108 Å². The molecule has 0 aliphatic carbocycles. The second-order valence-electron chi connectivity index (χ2n) is 10.4. The fourth-order valence-corrected chi connectivity index (χ4v) is 8.33. The van der Waals surface area contributed by atoms with Gasteiger partial charge in [-0.25, -0.2) is 13.4 Å². The van der Waals surface area contributed by atoms with Crippen molar-refractivity contribution < 1.29 is 13.2 Å². The Labute approximate surface area is 244 Å². The number of sulfonamides is 1. The number of imidazole rings is 1. The van der Waals surface area contributed by atoms with Gasteiger partial charge >= 0.3 is 0 Å². The fourth-order valence-electron chi connectivity index (χ4n) is 5.40. The Morgan fingerprint density at radius 3 is 2.39 bits per heavy atom. The van der Waals surface area contributed by atoms with Crippen LogP contribution in [-0.4, -0.2) is 23.1 Å². The van der Waals surface area contributed by atoms with Crippen molar-refractivity contribution in [2.24, 2.45) is 0 Å². The van der Waals surface area contributed by atoms with Crippen LogP contribution in [0.2, 0.25) is 0 Å². The largest absolute Gasteiger partial charge is 0.323 e. The Bertz CT molecular complexity index is 1790. The van der Waals surface area contributed by atoms with E-state index in [1.54, 1.807) is 18.2 Å². The van der Waals surface area contributed by atoms with Gasteiger partial charge in [-0.15, -0.1) is 0 Å². The van der Waals surface area contributed by atoms with Gasteiger partial charge < -0.3 is 4.57 Å². The summed E-state index contributed by atoms with van der Waals surface area (Å²) in [5, 5.41) is -0.933. The lowest BCUT2D eigenvalue weighted by Gasteiger charge is -2.29. The van der Waals surface area contributed by atoms with E-state index in [2.05, 4.69) is 22.3 Å². The summed E-state index contributed by atoms with van der Waals surface area (Å²) in [6, 6.07) is 32.3. The van der Waals surface area contributed by atoms with E-state index in [0.717, 1.165) is 57.7 Å². The molecule has 5 aromatic rings. The van der Waals surface area contributed by atoms with E-state index in [-0.39, 0.29) is 5.56 Å². The maximum absolute atomic E-state index is 13.5. The normalized spacial score (nSPS) is 16.6. The molecular weight excluding hydrogens is 551 g/mol. The molecule has 1 unspecified atom stereocenters. The minimum absolute atomic E-state index is 0.137. The monoisotopic (exact) mass is 581 g/mol. The number of carbonyl (C=O) groups is 1. The molecule has 41 heavy (non-hydrogen) atoms. The summed E-state index contributed by atoms with van der Waals surface area (Å²) in [5.41, 5.74) is 5.17. The van der Waals surface area contributed by atoms with E-state index < -0.39 is 20.0 Å². The highest BCUT2D eigenvalue weighted by Gasteiger charge is 2.44. The summed E-state index contributed by atoms with van der Waals surface area (Å²) in [6.07, 6.45) is 3.52. The highest BCUT2D eigenvalue weighted by Crippen LogP contribution is 2.50. The third-order valence-corrected chi connectivity index (χ3v) is 10.4. The number of nitrogens with one attached hydrogen (secondary N) is 1. The average Bonchev–Trinajstić information content (AvgIpc) is 3.54. The van der Waals surface area contributed by atoms with Crippen molar-refractivity contribution in [2.75, 3.05) is 0 Å². The maximum atomic E-state index is 13.5. The van der Waals surface area contributed by atoms with E-state index in [0.29, 0.717) is 13.0 Å². The van der Waals surface area contributed by atoms with E-state index >= 15 is 0 Å². The molecule has 0 spiro atoms. The molecule has 0 radical (unpaired) electrons. The lowest BCUT2D eigenvalue weighted by Crippen LogP contribution is -2.45. The summed E-state index contributed by atoms with van der Waals surface area (Å²) >= 11 is 1.44. The molecule has 8 heteroatoms. The van der Waals surface area contributed by atoms with E-state index in [1.165, 1.54) is 23.9 Å². The second-order valence-corrected chi connectivity index (χ2v) is 13.3. The second kappa shape index (κ2) is 11.3. The smallest absolute Gasteiger partial charge is 0.291 e. The van der Waals surface area contributed by atoms with Crippen molar-refractivity contribution in [3.63, 3.8) is 0 Å². The van der Waals surface area contributed by atoms with Crippen LogP contribution < -0.4 is 4.72 Å². The molecule has 4 aromatic carbocycles. The van der Waals surface area contributed by atoms with Gasteiger partial charge in [0.2, 0.25) is 0 Å². The van der Waals surface area contributed by atoms with Crippen LogP contribution in [-0.2, 0) is 34.3 Å². The first-order valence-corrected chi connectivity index (χ1v) is 16.1. The minimum Gasteiger partial charge on any atom is -0.323 e. The standard InChI is InChI=1S/C33H31N3O3S2/c1-2-3-17-31-34-28-14-8-9-15-29(28)36(31)23-24-18-20-27(21-19-24)33(22-26-13-7-10-16-30(26)40-33)35-41(38,39)32(37)25-11-5-4-6-12-25/h4-16,18-21,35H,2-3,17,22-23H2,1H3. The van der Waals surface area contributed by atoms with Crippen LogP contribution in [0.5, 0.6) is 0 Å². The zero-order chi connectivity index (χ0) is 28.5. The molecule has 2 heterocycles. The van der Waals surface area contributed by atoms with E-state index in [1.807, 2.05) is 66.7 Å². The number of thioether (sulfide) groups is 1. The van der Waals surface area contributed by atoms with Crippen molar-refractivity contribution in [1.82, 2.24) is 14.3 Å². The number of aromatic nitrogens is 2. The summed E-state index contributed by atoms with van der Waals surface area (Å²) < 4.78 is 32.0. The molecule has 1 N–H and O–H groups in total. The van der Waals surface area contributed by atoms with Gasteiger partial charge in [-0.2, -0.15) is 4.72 Å². The summed E-state index contributed by atoms with van der Waals surface area (Å²) in [7, 11) is -4.33. The fraction of sp³-hybridized carbons (Fsp3) is 0.212. The number of carbonyl (C=O) groups excluding carboxylic acids is 1. The SMILES string of the molecule is CCCCc1nc2ccccc2n1Cc1ccc(C2(NS(=O)(=O)C(=O)c3ccccc3)Cc3ccccc3S2)cc1. The molecule has 0 bridgehead atoms. The molecule has 1 atom stereocenters. The number of nitrogens with zero attached hydrogens (tertiary/aromatic N) is 2. The molecule has 1 aliphatic rings. The predicted octanol–water partition coefficient (Wildman–Crippen LogP) is 6.69. The minimum atomic E-state index is -4.33. The van der Waals surface area contributed by atoms with Crippen molar-refractivity contribution in [1.29, 1.82) is 0 Å². The molecule has 1 aromatic heterocycles. The third-order valence-electron chi connectivity index (χ3n) is 7.50. The molecule has 208 valence electrons. The number of benzene rings is 4. The van der Waals surface area contributed by atoms with Crippen molar-refractivity contribution in [3.8, 4) is 0 Å². The highest BCUT2D eigenvalue weighted by molar-refractivity contribution is 8.06. The Morgan fingerprint density at radius 1 is 0.927 bits per heavy atom. The summed E-state index contributed by atoms with van der Waals surface area (Å²) in [6.45, 7) is 2.85. The molecule has 0 amide bonds. The molecular formula is C33H31N3O3S2. The lowest BCUT2D eigenvalue weighted by molar-refractivity contribution is 0.107. The average molecular weight is 582 g/mol. The molecule has 0 fully saturated rings. The topological polar surface area (TPSA) is 81.1 Å². The van der Waals surface area contributed by atoms with Gasteiger partial charge in [0.15, 0.2) is 0 Å². The van der Waals surface area contributed by atoms with Gasteiger partial charge in [0.25, 0.3) is 15.1 Å². The number of unbranched alkanes of at least 4 members (excludes halogenated alkanes) is 1. The van der Waals surface area contributed by atoms with Crippen LogP contribution in [0.3, 0.4) is 0 Å². The van der Waals surface area contributed by atoms with Gasteiger partial charge in [0, 0.05) is 29.8 Å². The maximum Gasteiger partial charge on any atom is 0.291 e. The zero-order valence-electron chi connectivity index (χ0n) is 22.8. The van der Waals surface area contributed by atoms with Crippen molar-refractivity contribution >= 4 is 37.9 Å². The van der Waals surface area contributed by atoms with Gasteiger partial charge in [-0.3, -0.25) is 4.79 Å².